The number of Topliss-reactive ketones (excluding diaryl/α,β-unsaturated/α-hetero) is 1. The fourth-order valence-corrected chi connectivity index (χ4v) is 7.19. The third-order valence-electron chi connectivity index (χ3n) is 8.46. The summed E-state index contributed by atoms with van der Waals surface area (Å²) in [5, 5.41) is 1.84. The standard InChI is InChI=1S/C30H37N3O3S/c34-28(25-3-1-5-26-24(25)4-2-14-31-26)19-22-8-6-21(7-9-22)10-15-33-16-11-29-27(20-33)32-30(37-29)36-23-12-17-35-18-13-23/h1-5,14,21-23H,6-13,15-20H2. The summed E-state index contributed by atoms with van der Waals surface area (Å²) in [4.78, 5) is 26.3. The van der Waals surface area contributed by atoms with Crippen LogP contribution < -0.4 is 4.74 Å². The molecule has 6 rings (SSSR count). The number of nitrogens with zero attached hydrogens (tertiary/aromatic N) is 3. The van der Waals surface area contributed by atoms with Gasteiger partial charge < -0.3 is 9.47 Å². The smallest absolute Gasteiger partial charge is 0.273 e. The van der Waals surface area contributed by atoms with E-state index in [2.05, 4.69) is 9.88 Å². The van der Waals surface area contributed by atoms with Crippen LogP contribution in [0.2, 0.25) is 0 Å². The highest BCUT2D eigenvalue weighted by atomic mass is 32.1. The molecular weight excluding hydrogens is 482 g/mol. The van der Waals surface area contributed by atoms with E-state index in [1.165, 1.54) is 42.7 Å². The fourth-order valence-electron chi connectivity index (χ4n) is 6.21. The van der Waals surface area contributed by atoms with Gasteiger partial charge in [-0.15, -0.1) is 0 Å². The van der Waals surface area contributed by atoms with Gasteiger partial charge in [0.1, 0.15) is 6.10 Å². The van der Waals surface area contributed by atoms with Crippen LogP contribution in [0, 0.1) is 11.8 Å². The quantitative estimate of drug-likeness (QED) is 0.336. The average molecular weight is 520 g/mol. The zero-order chi connectivity index (χ0) is 25.0. The van der Waals surface area contributed by atoms with Crippen LogP contribution in [0.4, 0.5) is 0 Å². The van der Waals surface area contributed by atoms with Crippen LogP contribution in [0.25, 0.3) is 10.9 Å². The van der Waals surface area contributed by atoms with Crippen molar-refractivity contribution in [3.63, 3.8) is 0 Å². The molecule has 4 heterocycles. The average Bonchev–Trinajstić information content (AvgIpc) is 3.34. The van der Waals surface area contributed by atoms with E-state index >= 15 is 0 Å². The van der Waals surface area contributed by atoms with E-state index in [1.54, 1.807) is 17.5 Å². The Bertz CT molecular complexity index is 1210. The Kier molecular flexibility index (Phi) is 7.81. The largest absolute Gasteiger partial charge is 0.467 e. The molecule has 7 heteroatoms. The lowest BCUT2D eigenvalue weighted by Gasteiger charge is -2.31. The maximum atomic E-state index is 13.1. The summed E-state index contributed by atoms with van der Waals surface area (Å²) < 4.78 is 11.6. The number of benzene rings is 1. The number of carbonyl (C=O) groups excluding carboxylic acids is 1. The van der Waals surface area contributed by atoms with E-state index in [-0.39, 0.29) is 11.9 Å². The van der Waals surface area contributed by atoms with E-state index in [0.717, 1.165) is 79.7 Å². The second kappa shape index (κ2) is 11.6. The molecule has 1 aromatic carbocycles. The summed E-state index contributed by atoms with van der Waals surface area (Å²) in [6.45, 7) is 4.81. The van der Waals surface area contributed by atoms with E-state index in [9.17, 15) is 4.79 Å². The normalized spacial score (nSPS) is 23.1. The maximum Gasteiger partial charge on any atom is 0.273 e. The third-order valence-corrected chi connectivity index (χ3v) is 9.51. The predicted octanol–water partition coefficient (Wildman–Crippen LogP) is 6.08. The molecule has 2 aromatic heterocycles. The van der Waals surface area contributed by atoms with Crippen molar-refractivity contribution in [3.8, 4) is 5.19 Å². The highest BCUT2D eigenvalue weighted by Gasteiger charge is 2.27. The highest BCUT2D eigenvalue weighted by Crippen LogP contribution is 2.35. The van der Waals surface area contributed by atoms with Gasteiger partial charge in [-0.1, -0.05) is 42.4 Å². The van der Waals surface area contributed by atoms with Gasteiger partial charge in [0.25, 0.3) is 5.19 Å². The third kappa shape index (κ3) is 6.05. The van der Waals surface area contributed by atoms with Gasteiger partial charge in [-0.3, -0.25) is 14.7 Å². The number of rotatable bonds is 8. The molecule has 0 N–H and O–H groups in total. The summed E-state index contributed by atoms with van der Waals surface area (Å²) in [5.41, 5.74) is 2.97. The molecule has 1 aliphatic carbocycles. The Hall–Kier alpha value is -2.35. The topological polar surface area (TPSA) is 64.6 Å². The lowest BCUT2D eigenvalue weighted by molar-refractivity contribution is 0.0254. The number of hydrogen-bond acceptors (Lipinski definition) is 7. The van der Waals surface area contributed by atoms with Crippen LogP contribution in [0.1, 0.15) is 72.3 Å². The molecule has 0 radical (unpaired) electrons. The van der Waals surface area contributed by atoms with Gasteiger partial charge in [0, 0.05) is 54.4 Å². The fraction of sp³-hybridized carbons (Fsp3) is 0.567. The number of carbonyl (C=O) groups is 1. The monoisotopic (exact) mass is 519 g/mol. The number of pyridine rings is 1. The summed E-state index contributed by atoms with van der Waals surface area (Å²) >= 11 is 1.75. The second-order valence-corrected chi connectivity index (χ2v) is 12.0. The molecule has 3 aromatic rings. The molecule has 3 aliphatic rings. The zero-order valence-corrected chi connectivity index (χ0v) is 22.4. The molecule has 6 nitrogen and oxygen atoms in total. The first-order valence-electron chi connectivity index (χ1n) is 14.0. The van der Waals surface area contributed by atoms with E-state index < -0.39 is 0 Å². The van der Waals surface area contributed by atoms with E-state index in [4.69, 9.17) is 14.5 Å². The van der Waals surface area contributed by atoms with Crippen molar-refractivity contribution in [2.45, 2.75) is 70.4 Å². The van der Waals surface area contributed by atoms with Crippen molar-refractivity contribution in [1.82, 2.24) is 14.9 Å². The Morgan fingerprint density at radius 1 is 1.05 bits per heavy atom. The molecule has 0 unspecified atom stereocenters. The van der Waals surface area contributed by atoms with Crippen molar-refractivity contribution in [1.29, 1.82) is 0 Å². The Morgan fingerprint density at radius 2 is 1.89 bits per heavy atom. The summed E-state index contributed by atoms with van der Waals surface area (Å²) in [5.74, 6) is 1.56. The summed E-state index contributed by atoms with van der Waals surface area (Å²) in [6, 6.07) is 9.83. The van der Waals surface area contributed by atoms with Gasteiger partial charge in [-0.05, 0) is 56.2 Å². The van der Waals surface area contributed by atoms with Crippen molar-refractivity contribution in [2.24, 2.45) is 11.8 Å². The molecule has 0 bridgehead atoms. The Balaban J connectivity index is 0.947. The van der Waals surface area contributed by atoms with Gasteiger partial charge >= 0.3 is 0 Å². The van der Waals surface area contributed by atoms with Gasteiger partial charge in [0.05, 0.1) is 24.4 Å². The van der Waals surface area contributed by atoms with Crippen LogP contribution >= 0.6 is 11.3 Å². The minimum absolute atomic E-state index is 0.256. The van der Waals surface area contributed by atoms with Crippen LogP contribution in [-0.2, 0) is 17.7 Å². The van der Waals surface area contributed by atoms with Crippen LogP contribution in [0.5, 0.6) is 5.19 Å². The number of ether oxygens (including phenoxy) is 2. The van der Waals surface area contributed by atoms with Crippen LogP contribution in [0.3, 0.4) is 0 Å². The SMILES string of the molecule is O=C(CC1CCC(CCN2CCc3sc(OC4CCOCC4)nc3C2)CC1)c1cccc2ncccc12. The number of ketones is 1. The second-order valence-electron chi connectivity index (χ2n) is 11.0. The van der Waals surface area contributed by atoms with Gasteiger partial charge in [-0.25, -0.2) is 4.98 Å². The molecule has 37 heavy (non-hydrogen) atoms. The van der Waals surface area contributed by atoms with Gasteiger partial charge in [-0.2, -0.15) is 0 Å². The van der Waals surface area contributed by atoms with Gasteiger partial charge in [0.2, 0.25) is 0 Å². The number of aromatic nitrogens is 2. The van der Waals surface area contributed by atoms with Gasteiger partial charge in [0.15, 0.2) is 5.78 Å². The van der Waals surface area contributed by atoms with E-state index in [0.29, 0.717) is 12.3 Å². The maximum absolute atomic E-state index is 13.1. The minimum Gasteiger partial charge on any atom is -0.467 e. The number of hydrogen-bond donors (Lipinski definition) is 0. The van der Waals surface area contributed by atoms with Crippen LogP contribution in [0.15, 0.2) is 36.5 Å². The van der Waals surface area contributed by atoms with Crippen molar-refractivity contribution in [2.75, 3.05) is 26.3 Å². The van der Waals surface area contributed by atoms with Crippen LogP contribution in [-0.4, -0.2) is 53.1 Å². The van der Waals surface area contributed by atoms with Crippen molar-refractivity contribution < 1.29 is 14.3 Å². The zero-order valence-electron chi connectivity index (χ0n) is 21.6. The highest BCUT2D eigenvalue weighted by molar-refractivity contribution is 7.13. The number of fused-ring (bicyclic) bond motifs is 2. The molecule has 2 aliphatic heterocycles. The lowest BCUT2D eigenvalue weighted by Crippen LogP contribution is -2.32. The number of thiazole rings is 1. The summed E-state index contributed by atoms with van der Waals surface area (Å²) in [7, 11) is 0. The van der Waals surface area contributed by atoms with Crippen molar-refractivity contribution in [3.05, 3.63) is 52.7 Å². The molecule has 1 saturated heterocycles. The lowest BCUT2D eigenvalue weighted by atomic mass is 9.78. The molecule has 0 spiro atoms. The first-order chi connectivity index (χ1) is 18.2. The molecule has 0 amide bonds. The first kappa shape index (κ1) is 25.0. The van der Waals surface area contributed by atoms with E-state index in [1.807, 2.05) is 30.3 Å². The molecule has 2 fully saturated rings. The van der Waals surface area contributed by atoms with Crippen molar-refractivity contribution >= 4 is 28.0 Å². The minimum atomic E-state index is 0.256. The molecule has 1 saturated carbocycles. The summed E-state index contributed by atoms with van der Waals surface area (Å²) in [6.07, 6.45) is 11.8. The molecule has 0 atom stereocenters. The Morgan fingerprint density at radius 3 is 2.76 bits per heavy atom. The first-order valence-corrected chi connectivity index (χ1v) is 14.8. The molecular formula is C30H37N3O3S. The predicted molar refractivity (Wildman–Crippen MR) is 146 cm³/mol. The Labute approximate surface area is 223 Å². The molecule has 196 valence electrons.